The van der Waals surface area contributed by atoms with Crippen molar-refractivity contribution in [3.8, 4) is 11.5 Å². The quantitative estimate of drug-likeness (QED) is 0.706. The molecule has 0 atom stereocenters. The number of aromatic nitrogens is 1. The van der Waals surface area contributed by atoms with E-state index in [9.17, 15) is 18.0 Å². The largest absolute Gasteiger partial charge is 0.497 e. The molecule has 0 bridgehead atoms. The van der Waals surface area contributed by atoms with Gasteiger partial charge in [-0.15, -0.1) is 0 Å². The van der Waals surface area contributed by atoms with Crippen LogP contribution in [0, 0.1) is 0 Å². The van der Waals surface area contributed by atoms with E-state index in [2.05, 4.69) is 4.98 Å². The first-order chi connectivity index (χ1) is 13.8. The highest BCUT2D eigenvalue weighted by Crippen LogP contribution is 2.31. The fourth-order valence-electron chi connectivity index (χ4n) is 3.15. The van der Waals surface area contributed by atoms with Gasteiger partial charge in [-0.3, -0.25) is 9.59 Å². The fourth-order valence-corrected chi connectivity index (χ4v) is 4.74. The molecule has 3 rings (SSSR count). The number of rotatable bonds is 6. The molecule has 0 unspecified atom stereocenters. The Hall–Kier alpha value is -2.85. The molecule has 0 spiro atoms. The summed E-state index contributed by atoms with van der Waals surface area (Å²) in [5.74, 6) is 0.232. The van der Waals surface area contributed by atoms with Crippen LogP contribution in [-0.4, -0.2) is 74.7 Å². The van der Waals surface area contributed by atoms with Gasteiger partial charge in [0, 0.05) is 44.0 Å². The lowest BCUT2D eigenvalue weighted by atomic mass is 10.2. The number of nitrogens with zero attached hydrogens (tertiary/aromatic N) is 2. The predicted octanol–water partition coefficient (Wildman–Crippen LogP) is 1.38. The average Bonchev–Trinajstić information content (AvgIpc) is 3.23. The summed E-state index contributed by atoms with van der Waals surface area (Å²) in [6, 6.07) is 6.10. The number of amides is 1. The minimum absolute atomic E-state index is 0.0228. The summed E-state index contributed by atoms with van der Waals surface area (Å²) in [6.07, 6.45) is 1.49. The summed E-state index contributed by atoms with van der Waals surface area (Å²) in [7, 11) is -0.955. The summed E-state index contributed by atoms with van der Waals surface area (Å²) in [4.78, 5) is 28.4. The van der Waals surface area contributed by atoms with E-state index in [1.165, 1.54) is 43.8 Å². The molecule has 156 valence electrons. The number of benzene rings is 1. The Morgan fingerprint density at radius 1 is 1.03 bits per heavy atom. The number of aromatic amines is 1. The van der Waals surface area contributed by atoms with Crippen molar-refractivity contribution >= 4 is 21.7 Å². The summed E-state index contributed by atoms with van der Waals surface area (Å²) >= 11 is 0. The first kappa shape index (κ1) is 20.9. The first-order valence-electron chi connectivity index (χ1n) is 8.98. The van der Waals surface area contributed by atoms with Crippen molar-refractivity contribution in [2.24, 2.45) is 0 Å². The summed E-state index contributed by atoms with van der Waals surface area (Å²) in [5, 5.41) is 0. The zero-order chi connectivity index (χ0) is 21.2. The molecule has 1 aromatic carbocycles. The number of hydrogen-bond donors (Lipinski definition) is 1. The number of nitrogens with one attached hydrogen (secondary N) is 1. The van der Waals surface area contributed by atoms with E-state index in [0.717, 1.165) is 0 Å². The Balaban J connectivity index is 1.74. The van der Waals surface area contributed by atoms with E-state index in [4.69, 9.17) is 9.47 Å². The molecule has 0 radical (unpaired) electrons. The van der Waals surface area contributed by atoms with Gasteiger partial charge in [-0.1, -0.05) is 0 Å². The summed E-state index contributed by atoms with van der Waals surface area (Å²) in [5.41, 5.74) is 0.737. The molecule has 1 aliphatic rings. The maximum atomic E-state index is 13.1. The van der Waals surface area contributed by atoms with Crippen molar-refractivity contribution in [2.45, 2.75) is 11.8 Å². The highest BCUT2D eigenvalue weighted by Gasteiger charge is 2.33. The van der Waals surface area contributed by atoms with Crippen molar-refractivity contribution in [3.63, 3.8) is 0 Å². The molecule has 1 N–H and O–H groups in total. The average molecular weight is 421 g/mol. The molecular formula is C19H23N3O6S. The lowest BCUT2D eigenvalue weighted by Crippen LogP contribution is -2.50. The second-order valence-electron chi connectivity index (χ2n) is 6.57. The molecule has 1 amide bonds. The Labute approximate surface area is 169 Å². The van der Waals surface area contributed by atoms with Gasteiger partial charge in [-0.25, -0.2) is 8.42 Å². The third-order valence-electron chi connectivity index (χ3n) is 4.83. The lowest BCUT2D eigenvalue weighted by Gasteiger charge is -2.34. The normalized spacial score (nSPS) is 15.2. The van der Waals surface area contributed by atoms with Gasteiger partial charge in [0.2, 0.25) is 10.0 Å². The van der Waals surface area contributed by atoms with Crippen LogP contribution in [0.4, 0.5) is 0 Å². The van der Waals surface area contributed by atoms with Crippen LogP contribution in [0.2, 0.25) is 0 Å². The number of sulfonamides is 1. The van der Waals surface area contributed by atoms with Gasteiger partial charge in [0.1, 0.15) is 22.1 Å². The fraction of sp³-hybridized carbons (Fsp3) is 0.368. The maximum absolute atomic E-state index is 13.1. The standard InChI is InChI=1S/C19H23N3O6S/c1-13(23)14-10-16(20-12-14)19(24)21-6-8-22(9-7-21)29(25,26)18-11-15(27-2)4-5-17(18)28-3/h4-5,10-12,20H,6-9H2,1-3H3. The van der Waals surface area contributed by atoms with Crippen molar-refractivity contribution in [3.05, 3.63) is 41.7 Å². The highest BCUT2D eigenvalue weighted by atomic mass is 32.2. The molecule has 1 fully saturated rings. The first-order valence-corrected chi connectivity index (χ1v) is 10.4. The molecule has 2 heterocycles. The Kier molecular flexibility index (Phi) is 5.94. The highest BCUT2D eigenvalue weighted by molar-refractivity contribution is 7.89. The van der Waals surface area contributed by atoms with Crippen LogP contribution >= 0.6 is 0 Å². The van der Waals surface area contributed by atoms with Gasteiger partial charge < -0.3 is 19.4 Å². The van der Waals surface area contributed by atoms with Gasteiger partial charge >= 0.3 is 0 Å². The monoisotopic (exact) mass is 421 g/mol. The van der Waals surface area contributed by atoms with Crippen LogP contribution < -0.4 is 9.47 Å². The molecule has 1 aromatic heterocycles. The van der Waals surface area contributed by atoms with Gasteiger partial charge in [0.25, 0.3) is 5.91 Å². The zero-order valence-electron chi connectivity index (χ0n) is 16.5. The second kappa shape index (κ2) is 8.26. The second-order valence-corrected chi connectivity index (χ2v) is 8.48. The number of ketones is 1. The van der Waals surface area contributed by atoms with E-state index in [0.29, 0.717) is 17.0 Å². The van der Waals surface area contributed by atoms with Crippen LogP contribution in [-0.2, 0) is 10.0 Å². The van der Waals surface area contributed by atoms with E-state index >= 15 is 0 Å². The minimum atomic E-state index is -3.82. The van der Waals surface area contributed by atoms with E-state index < -0.39 is 10.0 Å². The molecule has 1 saturated heterocycles. The molecule has 10 heteroatoms. The number of carbonyl (C=O) groups is 2. The number of piperazine rings is 1. The Bertz CT molecular complexity index is 1020. The minimum Gasteiger partial charge on any atom is -0.497 e. The van der Waals surface area contributed by atoms with Gasteiger partial charge in [0.15, 0.2) is 5.78 Å². The number of Topliss-reactive ketones (excluding diaryl/α,β-unsaturated/α-hetero) is 1. The third kappa shape index (κ3) is 4.13. The molecule has 29 heavy (non-hydrogen) atoms. The lowest BCUT2D eigenvalue weighted by molar-refractivity contribution is 0.0692. The van der Waals surface area contributed by atoms with E-state index in [-0.39, 0.29) is 48.5 Å². The van der Waals surface area contributed by atoms with Crippen molar-refractivity contribution in [1.82, 2.24) is 14.2 Å². The van der Waals surface area contributed by atoms with Gasteiger partial charge in [0.05, 0.1) is 14.2 Å². The van der Waals surface area contributed by atoms with Gasteiger partial charge in [-0.05, 0) is 25.1 Å². The van der Waals surface area contributed by atoms with Crippen LogP contribution in [0.15, 0.2) is 35.4 Å². The molecule has 2 aromatic rings. The van der Waals surface area contributed by atoms with Crippen molar-refractivity contribution < 1.29 is 27.5 Å². The van der Waals surface area contributed by atoms with Crippen molar-refractivity contribution in [1.29, 1.82) is 0 Å². The molecule has 1 aliphatic heterocycles. The smallest absolute Gasteiger partial charge is 0.270 e. The number of ether oxygens (including phenoxy) is 2. The van der Waals surface area contributed by atoms with Gasteiger partial charge in [-0.2, -0.15) is 4.31 Å². The van der Waals surface area contributed by atoms with Crippen LogP contribution in [0.25, 0.3) is 0 Å². The van der Waals surface area contributed by atoms with Crippen LogP contribution in [0.5, 0.6) is 11.5 Å². The Morgan fingerprint density at radius 3 is 2.28 bits per heavy atom. The van der Waals surface area contributed by atoms with Crippen LogP contribution in [0.1, 0.15) is 27.8 Å². The summed E-state index contributed by atoms with van der Waals surface area (Å²) < 4.78 is 37.9. The van der Waals surface area contributed by atoms with Crippen molar-refractivity contribution in [2.75, 3.05) is 40.4 Å². The topological polar surface area (TPSA) is 109 Å². The third-order valence-corrected chi connectivity index (χ3v) is 6.75. The SMILES string of the molecule is COc1ccc(OC)c(S(=O)(=O)N2CCN(C(=O)c3cc(C(C)=O)c[nH]3)CC2)c1. The van der Waals surface area contributed by atoms with E-state index in [1.54, 1.807) is 17.0 Å². The molecule has 0 aliphatic carbocycles. The summed E-state index contributed by atoms with van der Waals surface area (Å²) in [6.45, 7) is 2.19. The number of H-pyrrole nitrogens is 1. The van der Waals surface area contributed by atoms with Crippen LogP contribution in [0.3, 0.4) is 0 Å². The molecule has 9 nitrogen and oxygen atoms in total. The maximum Gasteiger partial charge on any atom is 0.270 e. The van der Waals surface area contributed by atoms with E-state index in [1.807, 2.05) is 0 Å². The Morgan fingerprint density at radius 2 is 1.72 bits per heavy atom. The predicted molar refractivity (Wildman–Crippen MR) is 105 cm³/mol. The number of carbonyl (C=O) groups excluding carboxylic acids is 2. The molecular weight excluding hydrogens is 398 g/mol. The number of hydrogen-bond acceptors (Lipinski definition) is 6. The molecule has 0 saturated carbocycles. The number of methoxy groups -OCH3 is 2. The zero-order valence-corrected chi connectivity index (χ0v) is 17.3.